The summed E-state index contributed by atoms with van der Waals surface area (Å²) in [6, 6.07) is 8.50. The van der Waals surface area contributed by atoms with E-state index in [9.17, 15) is 0 Å². The van der Waals surface area contributed by atoms with E-state index in [4.69, 9.17) is 5.73 Å². The molecule has 2 heteroatoms. The first kappa shape index (κ1) is 9.28. The number of aromatic amines is 1. The molecule has 0 saturated heterocycles. The maximum absolute atomic E-state index is 6.03. The number of H-pyrrole nitrogens is 1. The van der Waals surface area contributed by atoms with Crippen molar-refractivity contribution in [3.8, 4) is 0 Å². The van der Waals surface area contributed by atoms with Gasteiger partial charge < -0.3 is 10.7 Å². The molecule has 74 valence electrons. The molecular formula is C12H16N2. The van der Waals surface area contributed by atoms with Crippen molar-refractivity contribution in [1.29, 1.82) is 0 Å². The molecule has 2 nitrogen and oxygen atoms in total. The molecule has 3 N–H and O–H groups in total. The number of nitrogens with one attached hydrogen (secondary N) is 1. The number of fused-ring (bicyclic) bond motifs is 1. The van der Waals surface area contributed by atoms with Gasteiger partial charge in [-0.3, -0.25) is 0 Å². The molecular weight excluding hydrogens is 172 g/mol. The van der Waals surface area contributed by atoms with Crippen molar-refractivity contribution >= 4 is 10.9 Å². The van der Waals surface area contributed by atoms with Crippen LogP contribution in [0.25, 0.3) is 10.9 Å². The Morgan fingerprint density at radius 3 is 2.57 bits per heavy atom. The van der Waals surface area contributed by atoms with Crippen LogP contribution in [0.2, 0.25) is 0 Å². The van der Waals surface area contributed by atoms with E-state index in [2.05, 4.69) is 36.2 Å². The zero-order valence-corrected chi connectivity index (χ0v) is 8.89. The van der Waals surface area contributed by atoms with Gasteiger partial charge in [-0.15, -0.1) is 0 Å². The third-order valence-corrected chi connectivity index (χ3v) is 2.47. The van der Waals surface area contributed by atoms with Crippen LogP contribution < -0.4 is 5.73 Å². The van der Waals surface area contributed by atoms with Gasteiger partial charge in [-0.1, -0.05) is 11.6 Å². The third-order valence-electron chi connectivity index (χ3n) is 2.47. The zero-order chi connectivity index (χ0) is 10.3. The highest BCUT2D eigenvalue weighted by atomic mass is 14.8. The summed E-state index contributed by atoms with van der Waals surface area (Å²) in [4.78, 5) is 3.34. The van der Waals surface area contributed by atoms with E-state index in [-0.39, 0.29) is 5.54 Å². The van der Waals surface area contributed by atoms with E-state index in [0.29, 0.717) is 0 Å². The molecule has 0 aliphatic rings. The number of hydrogen-bond acceptors (Lipinski definition) is 1. The average Bonchev–Trinajstić information content (AvgIpc) is 2.45. The van der Waals surface area contributed by atoms with Crippen molar-refractivity contribution in [2.24, 2.45) is 5.73 Å². The molecule has 0 fully saturated rings. The molecule has 0 radical (unpaired) electrons. The quantitative estimate of drug-likeness (QED) is 0.709. The Hall–Kier alpha value is -1.28. The molecule has 1 aromatic carbocycles. The topological polar surface area (TPSA) is 41.8 Å². The molecule has 14 heavy (non-hydrogen) atoms. The first-order chi connectivity index (χ1) is 6.47. The van der Waals surface area contributed by atoms with E-state index >= 15 is 0 Å². The van der Waals surface area contributed by atoms with E-state index in [0.717, 1.165) is 11.2 Å². The second-order valence-electron chi connectivity index (χ2n) is 4.50. The van der Waals surface area contributed by atoms with Gasteiger partial charge in [-0.25, -0.2) is 0 Å². The lowest BCUT2D eigenvalue weighted by Crippen LogP contribution is -2.28. The summed E-state index contributed by atoms with van der Waals surface area (Å²) in [6.07, 6.45) is 0. The number of benzene rings is 1. The van der Waals surface area contributed by atoms with Crippen LogP contribution in [0.4, 0.5) is 0 Å². The van der Waals surface area contributed by atoms with Gasteiger partial charge in [-0.05, 0) is 44.4 Å². The highest BCUT2D eigenvalue weighted by molar-refractivity contribution is 5.81. The van der Waals surface area contributed by atoms with E-state index < -0.39 is 0 Å². The first-order valence-electron chi connectivity index (χ1n) is 4.85. The number of hydrogen-bond donors (Lipinski definition) is 2. The van der Waals surface area contributed by atoms with Crippen molar-refractivity contribution in [3.05, 3.63) is 35.5 Å². The molecule has 1 aromatic heterocycles. The van der Waals surface area contributed by atoms with Crippen molar-refractivity contribution in [2.45, 2.75) is 26.3 Å². The van der Waals surface area contributed by atoms with Crippen LogP contribution in [0.5, 0.6) is 0 Å². The fourth-order valence-electron chi connectivity index (χ4n) is 1.60. The SMILES string of the molecule is Cc1ccc2[nH]c(C(C)(C)N)cc2c1. The molecule has 1 heterocycles. The maximum atomic E-state index is 6.03. The fraction of sp³-hybridized carbons (Fsp3) is 0.333. The van der Waals surface area contributed by atoms with Crippen LogP contribution in [0.3, 0.4) is 0 Å². The van der Waals surface area contributed by atoms with Gasteiger partial charge in [0.05, 0.1) is 5.54 Å². The number of aromatic nitrogens is 1. The molecule has 0 saturated carbocycles. The van der Waals surface area contributed by atoms with Gasteiger partial charge in [0.2, 0.25) is 0 Å². The van der Waals surface area contributed by atoms with Crippen LogP contribution in [-0.4, -0.2) is 4.98 Å². The van der Waals surface area contributed by atoms with Gasteiger partial charge in [0.15, 0.2) is 0 Å². The zero-order valence-electron chi connectivity index (χ0n) is 8.89. The van der Waals surface area contributed by atoms with E-state index in [1.54, 1.807) is 0 Å². The Morgan fingerprint density at radius 2 is 1.93 bits per heavy atom. The standard InChI is InChI=1S/C12H16N2/c1-8-4-5-10-9(6-8)7-11(14-10)12(2,3)13/h4-7,14H,13H2,1-3H3. The van der Waals surface area contributed by atoms with Crippen molar-refractivity contribution in [3.63, 3.8) is 0 Å². The lowest BCUT2D eigenvalue weighted by atomic mass is 10.0. The molecule has 0 aliphatic carbocycles. The smallest absolute Gasteiger partial charge is 0.0504 e. The summed E-state index contributed by atoms with van der Waals surface area (Å²) in [5, 5.41) is 1.23. The van der Waals surface area contributed by atoms with Gasteiger partial charge in [0.1, 0.15) is 0 Å². The second-order valence-corrected chi connectivity index (χ2v) is 4.50. The predicted molar refractivity (Wildman–Crippen MR) is 60.2 cm³/mol. The number of aryl methyl sites for hydroxylation is 1. The summed E-state index contributed by atoms with van der Waals surface area (Å²) >= 11 is 0. The number of nitrogens with two attached hydrogens (primary N) is 1. The minimum atomic E-state index is -0.299. The average molecular weight is 188 g/mol. The summed E-state index contributed by atoms with van der Waals surface area (Å²) < 4.78 is 0. The fourth-order valence-corrected chi connectivity index (χ4v) is 1.60. The Kier molecular flexibility index (Phi) is 1.89. The maximum Gasteiger partial charge on any atom is 0.0504 e. The van der Waals surface area contributed by atoms with Crippen LogP contribution in [0.1, 0.15) is 25.1 Å². The summed E-state index contributed by atoms with van der Waals surface area (Å²) in [6.45, 7) is 6.11. The molecule has 2 rings (SSSR count). The Bertz CT molecular complexity index is 461. The lowest BCUT2D eigenvalue weighted by molar-refractivity contribution is 0.540. The highest BCUT2D eigenvalue weighted by Gasteiger charge is 2.16. The molecule has 0 aliphatic heterocycles. The van der Waals surface area contributed by atoms with Crippen molar-refractivity contribution in [1.82, 2.24) is 4.98 Å². The lowest BCUT2D eigenvalue weighted by Gasteiger charge is -2.15. The Morgan fingerprint density at radius 1 is 1.21 bits per heavy atom. The van der Waals surface area contributed by atoms with Crippen LogP contribution in [0.15, 0.2) is 24.3 Å². The molecule has 0 atom stereocenters. The van der Waals surface area contributed by atoms with Gasteiger partial charge in [0.25, 0.3) is 0 Å². The normalized spacial score (nSPS) is 12.3. The second kappa shape index (κ2) is 2.85. The monoisotopic (exact) mass is 188 g/mol. The summed E-state index contributed by atoms with van der Waals surface area (Å²) in [5.74, 6) is 0. The molecule has 2 aromatic rings. The van der Waals surface area contributed by atoms with E-state index in [1.165, 1.54) is 10.9 Å². The highest BCUT2D eigenvalue weighted by Crippen LogP contribution is 2.22. The molecule has 0 bridgehead atoms. The van der Waals surface area contributed by atoms with Crippen molar-refractivity contribution < 1.29 is 0 Å². The van der Waals surface area contributed by atoms with E-state index in [1.807, 2.05) is 13.8 Å². The van der Waals surface area contributed by atoms with Crippen LogP contribution >= 0.6 is 0 Å². The summed E-state index contributed by atoms with van der Waals surface area (Å²) in [7, 11) is 0. The molecule has 0 spiro atoms. The molecule has 0 unspecified atom stereocenters. The van der Waals surface area contributed by atoms with Gasteiger partial charge >= 0.3 is 0 Å². The number of rotatable bonds is 1. The van der Waals surface area contributed by atoms with Crippen LogP contribution in [-0.2, 0) is 5.54 Å². The third kappa shape index (κ3) is 1.53. The Balaban J connectivity index is 2.63. The first-order valence-corrected chi connectivity index (χ1v) is 4.85. The van der Waals surface area contributed by atoms with Crippen LogP contribution in [0, 0.1) is 6.92 Å². The largest absolute Gasteiger partial charge is 0.357 e. The van der Waals surface area contributed by atoms with Crippen molar-refractivity contribution in [2.75, 3.05) is 0 Å². The minimum absolute atomic E-state index is 0.299. The van der Waals surface area contributed by atoms with Gasteiger partial charge in [0, 0.05) is 11.2 Å². The summed E-state index contributed by atoms with van der Waals surface area (Å²) in [5.41, 5.74) is 9.24. The van der Waals surface area contributed by atoms with Gasteiger partial charge in [-0.2, -0.15) is 0 Å². The molecule has 0 amide bonds. The Labute approximate surface area is 84.1 Å². The minimum Gasteiger partial charge on any atom is -0.357 e. The predicted octanol–water partition coefficient (Wildman–Crippen LogP) is 2.67.